The van der Waals surface area contributed by atoms with Crippen molar-refractivity contribution in [2.45, 2.75) is 59.3 Å². The van der Waals surface area contributed by atoms with Crippen molar-refractivity contribution >= 4 is 7.28 Å². The normalized spacial score (nSPS) is 20.9. The van der Waals surface area contributed by atoms with Crippen LogP contribution in [0.15, 0.2) is 23.4 Å². The van der Waals surface area contributed by atoms with E-state index in [0.717, 1.165) is 0 Å². The van der Waals surface area contributed by atoms with Crippen LogP contribution in [0.2, 0.25) is 5.82 Å². The van der Waals surface area contributed by atoms with Crippen molar-refractivity contribution in [2.75, 3.05) is 0 Å². The largest absolute Gasteiger partial charge is 0.306 e. The van der Waals surface area contributed by atoms with Gasteiger partial charge in [-0.1, -0.05) is 31.3 Å². The minimum atomic E-state index is 0.352. The lowest BCUT2D eigenvalue weighted by molar-refractivity contribution is 0.195. The van der Waals surface area contributed by atoms with Gasteiger partial charge in [-0.3, -0.25) is 0 Å². The highest BCUT2D eigenvalue weighted by Crippen LogP contribution is 2.18. The van der Waals surface area contributed by atoms with E-state index in [9.17, 15) is 0 Å². The van der Waals surface area contributed by atoms with Gasteiger partial charge in [0.25, 0.3) is 0 Å². The van der Waals surface area contributed by atoms with Crippen molar-refractivity contribution in [3.05, 3.63) is 23.4 Å². The number of rotatable bonds is 3. The Hall–Kier alpha value is -0.695. The standard InChI is InChI=1S/C13H24BN2/c1-9(2)12-7-8-13(14-10(3)4)15-16(12)11(5)6/h7-8,10-11,13,15H,1-6H3. The van der Waals surface area contributed by atoms with E-state index in [0.29, 0.717) is 17.8 Å². The number of allylic oxidation sites excluding steroid dienone is 2. The van der Waals surface area contributed by atoms with Crippen molar-refractivity contribution < 1.29 is 0 Å². The fraction of sp³-hybridized carbons (Fsp3) is 0.692. The summed E-state index contributed by atoms with van der Waals surface area (Å²) >= 11 is 0. The van der Waals surface area contributed by atoms with E-state index >= 15 is 0 Å². The summed E-state index contributed by atoms with van der Waals surface area (Å²) in [5.74, 6) is 0.954. The molecule has 0 aromatic carbocycles. The van der Waals surface area contributed by atoms with E-state index in [2.05, 4.69) is 71.4 Å². The van der Waals surface area contributed by atoms with E-state index in [1.165, 1.54) is 11.3 Å². The van der Waals surface area contributed by atoms with Gasteiger partial charge in [-0.05, 0) is 33.8 Å². The summed E-state index contributed by atoms with van der Waals surface area (Å²) in [6.45, 7) is 13.2. The number of hydrogen-bond acceptors (Lipinski definition) is 2. The van der Waals surface area contributed by atoms with Gasteiger partial charge >= 0.3 is 0 Å². The van der Waals surface area contributed by atoms with Gasteiger partial charge in [-0.25, -0.2) is 5.43 Å². The molecule has 1 aliphatic rings. The summed E-state index contributed by atoms with van der Waals surface area (Å²) in [6, 6.07) is 0.470. The van der Waals surface area contributed by atoms with E-state index in [-0.39, 0.29) is 0 Å². The van der Waals surface area contributed by atoms with Gasteiger partial charge in [0.1, 0.15) is 7.28 Å². The Morgan fingerprint density at radius 3 is 2.38 bits per heavy atom. The molecule has 0 aromatic heterocycles. The highest BCUT2D eigenvalue weighted by atomic mass is 15.5. The van der Waals surface area contributed by atoms with Gasteiger partial charge in [-0.15, -0.1) is 0 Å². The maximum atomic E-state index is 3.55. The number of nitrogens with zero attached hydrogens (tertiary/aromatic N) is 1. The average molecular weight is 219 g/mol. The average Bonchev–Trinajstić information content (AvgIpc) is 2.16. The molecule has 16 heavy (non-hydrogen) atoms. The van der Waals surface area contributed by atoms with Crippen molar-refractivity contribution in [1.29, 1.82) is 0 Å². The molecule has 1 rings (SSSR count). The van der Waals surface area contributed by atoms with Crippen molar-refractivity contribution in [3.63, 3.8) is 0 Å². The molecule has 0 fully saturated rings. The SMILES string of the molecule is CC(C)=C1C=CC([B]C(C)C)NN1C(C)C. The summed E-state index contributed by atoms with van der Waals surface area (Å²) in [5, 5.41) is 2.26. The summed E-state index contributed by atoms with van der Waals surface area (Å²) in [7, 11) is 2.33. The summed E-state index contributed by atoms with van der Waals surface area (Å²) in [5.41, 5.74) is 6.19. The van der Waals surface area contributed by atoms with Crippen LogP contribution < -0.4 is 5.43 Å². The van der Waals surface area contributed by atoms with Gasteiger partial charge in [-0.2, -0.15) is 0 Å². The molecule has 0 amide bonds. The third-order valence-corrected chi connectivity index (χ3v) is 2.63. The molecule has 89 valence electrons. The first-order valence-corrected chi connectivity index (χ1v) is 6.18. The molecular weight excluding hydrogens is 195 g/mol. The molecule has 0 aromatic rings. The zero-order valence-corrected chi connectivity index (χ0v) is 11.4. The Morgan fingerprint density at radius 2 is 1.94 bits per heavy atom. The first-order chi connectivity index (χ1) is 7.41. The maximum Gasteiger partial charge on any atom is 0.143 e. The van der Waals surface area contributed by atoms with Crippen LogP contribution >= 0.6 is 0 Å². The Labute approximate surface area is 101 Å². The van der Waals surface area contributed by atoms with E-state index < -0.39 is 0 Å². The van der Waals surface area contributed by atoms with Crippen LogP contribution in [0, 0.1) is 0 Å². The molecule has 1 N–H and O–H groups in total. The molecule has 0 spiro atoms. The lowest BCUT2D eigenvalue weighted by atomic mass is 9.59. The van der Waals surface area contributed by atoms with Crippen LogP contribution in [0.5, 0.6) is 0 Å². The highest BCUT2D eigenvalue weighted by molar-refractivity contribution is 6.40. The summed E-state index contributed by atoms with van der Waals surface area (Å²) in [4.78, 5) is 0. The van der Waals surface area contributed by atoms with Gasteiger partial charge < -0.3 is 5.01 Å². The fourth-order valence-electron chi connectivity index (χ4n) is 1.90. The molecule has 3 heteroatoms. The molecule has 0 bridgehead atoms. The Morgan fingerprint density at radius 1 is 1.31 bits per heavy atom. The lowest BCUT2D eigenvalue weighted by Crippen LogP contribution is -2.51. The topological polar surface area (TPSA) is 15.3 Å². The molecule has 0 saturated heterocycles. The molecular formula is C13H24BN2. The third-order valence-electron chi connectivity index (χ3n) is 2.63. The Kier molecular flexibility index (Phi) is 4.66. The van der Waals surface area contributed by atoms with Crippen LogP contribution in [-0.2, 0) is 0 Å². The number of hydrogen-bond donors (Lipinski definition) is 1. The molecule has 1 radical (unpaired) electrons. The van der Waals surface area contributed by atoms with E-state index in [4.69, 9.17) is 0 Å². The van der Waals surface area contributed by atoms with E-state index in [1.807, 2.05) is 0 Å². The van der Waals surface area contributed by atoms with Gasteiger partial charge in [0.15, 0.2) is 0 Å². The lowest BCUT2D eigenvalue weighted by Gasteiger charge is -2.38. The van der Waals surface area contributed by atoms with Crippen molar-refractivity contribution in [2.24, 2.45) is 0 Å². The van der Waals surface area contributed by atoms with Crippen LogP contribution in [0.4, 0.5) is 0 Å². The van der Waals surface area contributed by atoms with Crippen LogP contribution in [0.3, 0.4) is 0 Å². The van der Waals surface area contributed by atoms with E-state index in [1.54, 1.807) is 0 Å². The first-order valence-electron chi connectivity index (χ1n) is 6.18. The number of hydrazine groups is 1. The summed E-state index contributed by atoms with van der Waals surface area (Å²) < 4.78 is 0. The zero-order chi connectivity index (χ0) is 12.3. The Bertz CT molecular complexity index is 288. The second-order valence-corrected chi connectivity index (χ2v) is 5.30. The van der Waals surface area contributed by atoms with Crippen LogP contribution in [0.1, 0.15) is 41.5 Å². The van der Waals surface area contributed by atoms with Crippen molar-refractivity contribution in [1.82, 2.24) is 10.4 Å². The third kappa shape index (κ3) is 3.41. The quantitative estimate of drug-likeness (QED) is 0.734. The van der Waals surface area contributed by atoms with Gasteiger partial charge in [0, 0.05) is 12.0 Å². The van der Waals surface area contributed by atoms with Gasteiger partial charge in [0.05, 0.1) is 5.70 Å². The predicted molar refractivity (Wildman–Crippen MR) is 72.3 cm³/mol. The molecule has 2 nitrogen and oxygen atoms in total. The van der Waals surface area contributed by atoms with Crippen LogP contribution in [-0.4, -0.2) is 24.3 Å². The monoisotopic (exact) mass is 219 g/mol. The number of nitrogens with one attached hydrogen (secondary N) is 1. The molecule has 1 atom stereocenters. The fourth-order valence-corrected chi connectivity index (χ4v) is 1.90. The molecule has 1 aliphatic heterocycles. The second-order valence-electron chi connectivity index (χ2n) is 5.30. The minimum Gasteiger partial charge on any atom is -0.306 e. The smallest absolute Gasteiger partial charge is 0.143 e. The molecule has 1 heterocycles. The maximum absolute atomic E-state index is 3.55. The Balaban J connectivity index is 2.83. The van der Waals surface area contributed by atoms with Crippen molar-refractivity contribution in [3.8, 4) is 0 Å². The second kappa shape index (κ2) is 5.58. The van der Waals surface area contributed by atoms with Crippen LogP contribution in [0.25, 0.3) is 0 Å². The molecule has 0 saturated carbocycles. The minimum absolute atomic E-state index is 0.352. The van der Waals surface area contributed by atoms with Gasteiger partial charge in [0.2, 0.25) is 0 Å². The summed E-state index contributed by atoms with van der Waals surface area (Å²) in [6.07, 6.45) is 4.47. The zero-order valence-electron chi connectivity index (χ0n) is 11.4. The first kappa shape index (κ1) is 13.4. The molecule has 1 unspecified atom stereocenters. The predicted octanol–water partition coefficient (Wildman–Crippen LogP) is 2.92. The highest BCUT2D eigenvalue weighted by Gasteiger charge is 2.21. The molecule has 0 aliphatic carbocycles.